The standard InChI is InChI=1S/C19H13N3OS3/c23-18(10-9-14-5-3-11-24-14)22(20-13-15-6-4-12-25-15)19-21-16-7-1-2-8-17(16)26-19/h1-13H/b10-9+,20-13-. The maximum Gasteiger partial charge on any atom is 0.273 e. The van der Waals surface area contributed by atoms with Crippen molar-refractivity contribution in [1.82, 2.24) is 4.98 Å². The Morgan fingerprint density at radius 2 is 1.77 bits per heavy atom. The predicted molar refractivity (Wildman–Crippen MR) is 112 cm³/mol. The van der Waals surface area contributed by atoms with Crippen LogP contribution in [0.25, 0.3) is 16.3 Å². The Morgan fingerprint density at radius 1 is 1.00 bits per heavy atom. The number of amides is 1. The van der Waals surface area contributed by atoms with Gasteiger partial charge in [-0.3, -0.25) is 4.79 Å². The maximum atomic E-state index is 12.8. The molecule has 26 heavy (non-hydrogen) atoms. The Hall–Kier alpha value is -2.61. The van der Waals surface area contributed by atoms with Crippen molar-refractivity contribution in [3.05, 3.63) is 75.1 Å². The van der Waals surface area contributed by atoms with E-state index in [9.17, 15) is 4.79 Å². The van der Waals surface area contributed by atoms with Crippen LogP contribution in [0, 0.1) is 0 Å². The Balaban J connectivity index is 1.67. The summed E-state index contributed by atoms with van der Waals surface area (Å²) in [6.45, 7) is 0. The molecule has 4 nitrogen and oxygen atoms in total. The Morgan fingerprint density at radius 3 is 2.50 bits per heavy atom. The van der Waals surface area contributed by atoms with Gasteiger partial charge in [-0.15, -0.1) is 22.7 Å². The zero-order valence-electron chi connectivity index (χ0n) is 13.5. The number of para-hydroxylation sites is 1. The first-order valence-electron chi connectivity index (χ1n) is 7.78. The molecule has 0 radical (unpaired) electrons. The van der Waals surface area contributed by atoms with Gasteiger partial charge in [0.2, 0.25) is 5.13 Å². The lowest BCUT2D eigenvalue weighted by atomic mass is 10.3. The van der Waals surface area contributed by atoms with E-state index in [1.165, 1.54) is 22.4 Å². The average molecular weight is 396 g/mol. The van der Waals surface area contributed by atoms with Crippen LogP contribution in [0.5, 0.6) is 0 Å². The van der Waals surface area contributed by atoms with Crippen molar-refractivity contribution < 1.29 is 4.79 Å². The molecule has 0 bridgehead atoms. The molecular formula is C19H13N3OS3. The summed E-state index contributed by atoms with van der Waals surface area (Å²) in [5.74, 6) is -0.231. The van der Waals surface area contributed by atoms with Crippen molar-refractivity contribution in [2.45, 2.75) is 0 Å². The molecule has 0 N–H and O–H groups in total. The third-order valence-corrected chi connectivity index (χ3v) is 6.11. The fourth-order valence-corrected chi connectivity index (χ4v) is 4.37. The summed E-state index contributed by atoms with van der Waals surface area (Å²) >= 11 is 4.59. The number of carbonyl (C=O) groups excluding carboxylic acids is 1. The number of carbonyl (C=O) groups is 1. The second-order valence-electron chi connectivity index (χ2n) is 5.22. The van der Waals surface area contributed by atoms with Crippen molar-refractivity contribution in [2.75, 3.05) is 5.01 Å². The van der Waals surface area contributed by atoms with Gasteiger partial charge in [0.05, 0.1) is 16.4 Å². The van der Waals surface area contributed by atoms with Crippen LogP contribution in [0.1, 0.15) is 9.75 Å². The molecule has 4 aromatic rings. The number of hydrazone groups is 1. The van der Waals surface area contributed by atoms with Gasteiger partial charge in [-0.05, 0) is 41.1 Å². The molecule has 3 aromatic heterocycles. The molecule has 0 aliphatic carbocycles. The minimum absolute atomic E-state index is 0.231. The number of thiazole rings is 1. The number of hydrogen-bond acceptors (Lipinski definition) is 6. The SMILES string of the molecule is O=C(/C=C/c1cccs1)N(/N=C\c1cccs1)c1nc2ccccc2s1. The van der Waals surface area contributed by atoms with Crippen LogP contribution in [0.4, 0.5) is 5.13 Å². The first kappa shape index (κ1) is 16.8. The molecule has 7 heteroatoms. The number of benzene rings is 1. The third kappa shape index (κ3) is 3.80. The number of fused-ring (bicyclic) bond motifs is 1. The van der Waals surface area contributed by atoms with Crippen LogP contribution in [0.3, 0.4) is 0 Å². The summed E-state index contributed by atoms with van der Waals surface area (Å²) in [4.78, 5) is 19.3. The van der Waals surface area contributed by atoms with Crippen LogP contribution >= 0.6 is 34.0 Å². The minimum atomic E-state index is -0.231. The number of rotatable bonds is 5. The molecule has 0 saturated carbocycles. The molecule has 0 atom stereocenters. The monoisotopic (exact) mass is 395 g/mol. The molecule has 1 amide bonds. The molecule has 0 aliphatic rings. The summed E-state index contributed by atoms with van der Waals surface area (Å²) in [5, 5.41) is 10.3. The van der Waals surface area contributed by atoms with Gasteiger partial charge in [0.1, 0.15) is 0 Å². The summed E-state index contributed by atoms with van der Waals surface area (Å²) in [5.41, 5.74) is 0.860. The van der Waals surface area contributed by atoms with Gasteiger partial charge in [-0.2, -0.15) is 10.1 Å². The van der Waals surface area contributed by atoms with Crippen molar-refractivity contribution in [3.8, 4) is 0 Å². The van der Waals surface area contributed by atoms with Gasteiger partial charge in [-0.1, -0.05) is 35.6 Å². The number of hydrogen-bond donors (Lipinski definition) is 0. The van der Waals surface area contributed by atoms with Gasteiger partial charge < -0.3 is 0 Å². The molecule has 128 valence electrons. The molecule has 3 heterocycles. The normalized spacial score (nSPS) is 11.7. The van der Waals surface area contributed by atoms with Gasteiger partial charge in [0, 0.05) is 15.8 Å². The third-order valence-electron chi connectivity index (χ3n) is 3.45. The molecular weight excluding hydrogens is 382 g/mol. The number of anilines is 1. The van der Waals surface area contributed by atoms with Gasteiger partial charge in [-0.25, -0.2) is 4.98 Å². The van der Waals surface area contributed by atoms with E-state index in [-0.39, 0.29) is 5.91 Å². The first-order chi connectivity index (χ1) is 12.8. The fraction of sp³-hybridized carbons (Fsp3) is 0. The molecule has 4 rings (SSSR count). The van der Waals surface area contributed by atoms with E-state index in [0.717, 1.165) is 20.0 Å². The van der Waals surface area contributed by atoms with Gasteiger partial charge in [0.15, 0.2) is 0 Å². The Kier molecular flexibility index (Phi) is 5.01. The van der Waals surface area contributed by atoms with E-state index in [0.29, 0.717) is 5.13 Å². The smallest absolute Gasteiger partial charge is 0.267 e. The summed E-state index contributed by atoms with van der Waals surface area (Å²) < 4.78 is 1.02. The zero-order chi connectivity index (χ0) is 17.8. The lowest BCUT2D eigenvalue weighted by molar-refractivity contribution is -0.114. The lowest BCUT2D eigenvalue weighted by Crippen LogP contribution is -2.23. The number of nitrogens with zero attached hydrogens (tertiary/aromatic N) is 3. The second-order valence-corrected chi connectivity index (χ2v) is 8.19. The predicted octanol–water partition coefficient (Wildman–Crippen LogP) is 5.50. The maximum absolute atomic E-state index is 12.8. The van der Waals surface area contributed by atoms with Crippen molar-refractivity contribution in [1.29, 1.82) is 0 Å². The van der Waals surface area contributed by atoms with Crippen LogP contribution in [0.2, 0.25) is 0 Å². The van der Waals surface area contributed by atoms with Crippen molar-refractivity contribution in [3.63, 3.8) is 0 Å². The van der Waals surface area contributed by atoms with E-state index in [4.69, 9.17) is 0 Å². The Bertz CT molecular complexity index is 1030. The Labute approximate surface area is 162 Å². The van der Waals surface area contributed by atoms with Gasteiger partial charge in [0.25, 0.3) is 5.91 Å². The summed E-state index contributed by atoms with van der Waals surface area (Å²) in [6.07, 6.45) is 5.02. The highest BCUT2D eigenvalue weighted by Gasteiger charge is 2.17. The molecule has 0 unspecified atom stereocenters. The summed E-state index contributed by atoms with van der Waals surface area (Å²) in [7, 11) is 0. The first-order valence-corrected chi connectivity index (χ1v) is 10.4. The molecule has 1 aromatic carbocycles. The van der Waals surface area contributed by atoms with E-state index in [1.54, 1.807) is 35.0 Å². The van der Waals surface area contributed by atoms with Crippen LogP contribution < -0.4 is 5.01 Å². The average Bonchev–Trinajstić information content (AvgIpc) is 3.40. The summed E-state index contributed by atoms with van der Waals surface area (Å²) in [6, 6.07) is 15.6. The topological polar surface area (TPSA) is 45.6 Å². The van der Waals surface area contributed by atoms with Crippen LogP contribution in [-0.2, 0) is 4.79 Å². The highest BCUT2D eigenvalue weighted by Crippen LogP contribution is 2.29. The zero-order valence-corrected chi connectivity index (χ0v) is 15.9. The van der Waals surface area contributed by atoms with E-state index < -0.39 is 0 Å². The van der Waals surface area contributed by atoms with Crippen LogP contribution in [-0.4, -0.2) is 17.1 Å². The molecule has 0 fully saturated rings. The highest BCUT2D eigenvalue weighted by molar-refractivity contribution is 7.22. The van der Waals surface area contributed by atoms with E-state index in [1.807, 2.05) is 59.3 Å². The minimum Gasteiger partial charge on any atom is -0.267 e. The second kappa shape index (κ2) is 7.74. The number of thiophene rings is 2. The highest BCUT2D eigenvalue weighted by atomic mass is 32.1. The van der Waals surface area contributed by atoms with Crippen LogP contribution in [0.15, 0.2) is 70.5 Å². The number of aromatic nitrogens is 1. The lowest BCUT2D eigenvalue weighted by Gasteiger charge is -2.10. The fourth-order valence-electron chi connectivity index (χ4n) is 2.24. The van der Waals surface area contributed by atoms with Gasteiger partial charge >= 0.3 is 0 Å². The van der Waals surface area contributed by atoms with E-state index in [2.05, 4.69) is 10.1 Å². The quantitative estimate of drug-likeness (QED) is 0.254. The van der Waals surface area contributed by atoms with Crippen molar-refractivity contribution in [2.24, 2.45) is 5.10 Å². The largest absolute Gasteiger partial charge is 0.273 e. The molecule has 0 spiro atoms. The van der Waals surface area contributed by atoms with E-state index >= 15 is 0 Å². The molecule has 0 aliphatic heterocycles. The molecule has 0 saturated heterocycles. The van der Waals surface area contributed by atoms with Crippen molar-refractivity contribution >= 4 is 67.6 Å².